The molecule has 0 spiro atoms. The van der Waals surface area contributed by atoms with Crippen LogP contribution in [0.1, 0.15) is 85.8 Å². The largest absolute Gasteiger partial charge is 0.496 e. The molecule has 4 aromatic rings. The van der Waals surface area contributed by atoms with Crippen molar-refractivity contribution in [3.8, 4) is 23.5 Å². The fourth-order valence-corrected chi connectivity index (χ4v) is 9.02. The van der Waals surface area contributed by atoms with E-state index in [4.69, 9.17) is 19.9 Å². The molecular weight excluding hydrogens is 772 g/mol. The second-order valence-corrected chi connectivity index (χ2v) is 16.1. The number of halogens is 1. The van der Waals surface area contributed by atoms with Gasteiger partial charge in [0.25, 0.3) is 5.91 Å². The van der Waals surface area contributed by atoms with Crippen molar-refractivity contribution in [2.75, 3.05) is 46.6 Å². The predicted octanol–water partition coefficient (Wildman–Crippen LogP) is 4.41. The summed E-state index contributed by atoms with van der Waals surface area (Å²) >= 11 is 0. The van der Waals surface area contributed by atoms with E-state index in [1.807, 2.05) is 25.1 Å². The van der Waals surface area contributed by atoms with Crippen molar-refractivity contribution in [3.05, 3.63) is 63.7 Å². The lowest BCUT2D eigenvalue weighted by Gasteiger charge is -2.29. The van der Waals surface area contributed by atoms with E-state index >= 15 is 0 Å². The quantitative estimate of drug-likeness (QED) is 0.0993. The number of carbonyl (C=O) groups excluding carboxylic acids is 4. The summed E-state index contributed by atoms with van der Waals surface area (Å²) in [6, 6.07) is 8.35. The summed E-state index contributed by atoms with van der Waals surface area (Å²) in [7, 11) is 3.17. The maximum absolute atomic E-state index is 14.5. The Labute approximate surface area is 347 Å². The number of piperidine rings is 2. The number of ketones is 1. The minimum absolute atomic E-state index is 0.127. The van der Waals surface area contributed by atoms with E-state index < -0.39 is 29.9 Å². The number of nitrogens with one attached hydrogen (secondary N) is 1. The number of fused-ring (bicyclic) bond motifs is 2. The summed E-state index contributed by atoms with van der Waals surface area (Å²) in [5.74, 6) is 5.04. The van der Waals surface area contributed by atoms with Gasteiger partial charge < -0.3 is 24.8 Å². The number of hydrogen-bond acceptors (Lipinski definition) is 10. The Morgan fingerprint density at radius 1 is 1.07 bits per heavy atom. The number of amides is 3. The summed E-state index contributed by atoms with van der Waals surface area (Å²) < 4.78 is 35.2. The highest BCUT2D eigenvalue weighted by atomic mass is 19.1. The van der Waals surface area contributed by atoms with Gasteiger partial charge in [-0.1, -0.05) is 30.9 Å². The third-order valence-electron chi connectivity index (χ3n) is 12.3. The molecule has 15 heteroatoms. The number of ether oxygens (including phenoxy) is 3. The number of rotatable bonds is 15. The van der Waals surface area contributed by atoms with Gasteiger partial charge >= 0.3 is 5.69 Å². The summed E-state index contributed by atoms with van der Waals surface area (Å²) in [6.45, 7) is 5.98. The first-order valence-electron chi connectivity index (χ1n) is 20.9. The van der Waals surface area contributed by atoms with E-state index in [9.17, 15) is 28.4 Å². The van der Waals surface area contributed by atoms with Gasteiger partial charge in [0.2, 0.25) is 17.7 Å². The van der Waals surface area contributed by atoms with E-state index in [1.165, 1.54) is 11.7 Å². The van der Waals surface area contributed by atoms with E-state index in [0.29, 0.717) is 54.3 Å². The predicted molar refractivity (Wildman–Crippen MR) is 222 cm³/mol. The Hall–Kier alpha value is -5.59. The van der Waals surface area contributed by atoms with Crippen molar-refractivity contribution in [1.82, 2.24) is 24.3 Å². The Morgan fingerprint density at radius 3 is 2.58 bits per heavy atom. The second kappa shape index (κ2) is 18.8. The van der Waals surface area contributed by atoms with Crippen LogP contribution in [-0.2, 0) is 32.6 Å². The number of aryl methyl sites for hydroxylation is 2. The molecule has 4 heterocycles. The van der Waals surface area contributed by atoms with Crippen LogP contribution < -0.4 is 26.2 Å². The number of pyridine rings is 1. The van der Waals surface area contributed by atoms with Gasteiger partial charge in [0, 0.05) is 74.4 Å². The average molecular weight is 825 g/mol. The van der Waals surface area contributed by atoms with Crippen LogP contribution >= 0.6 is 0 Å². The molecule has 2 saturated heterocycles. The standard InChI is InChI=1S/C45H53FN6O8/c1-4-31-30(22-37(53)40(31)46)26-60-44-33-24-38(58-3)34(42(47)55)23-32(33)29(25-48-44)12-11-27-15-18-51(19-16-27)17-7-21-59-20-6-9-28-8-5-10-35-41(28)50(2)45(57)52(35)36-13-14-39(54)49-43(36)56/h5,8,10,23-25,27,30-31,36,40H,4,6-7,9,13-22,26H2,1-3H3,(H2,47,55)(H,49,54,56)/t30-,31+,36?,40+/m1/s1. The van der Waals surface area contributed by atoms with E-state index in [2.05, 4.69) is 27.0 Å². The lowest BCUT2D eigenvalue weighted by atomic mass is 9.93. The van der Waals surface area contributed by atoms with E-state index in [0.717, 1.165) is 56.4 Å². The number of nitrogens with zero attached hydrogens (tertiary/aromatic N) is 4. The number of nitrogens with two attached hydrogens (primary N) is 1. The highest BCUT2D eigenvalue weighted by molar-refractivity contribution is 6.03. The van der Waals surface area contributed by atoms with Gasteiger partial charge in [-0.25, -0.2) is 14.2 Å². The summed E-state index contributed by atoms with van der Waals surface area (Å²) in [4.78, 5) is 68.9. The maximum atomic E-state index is 14.5. The fraction of sp³-hybridized carbons (Fsp3) is 0.511. The zero-order valence-corrected chi connectivity index (χ0v) is 34.5. The molecule has 60 heavy (non-hydrogen) atoms. The fourth-order valence-electron chi connectivity index (χ4n) is 9.02. The highest BCUT2D eigenvalue weighted by Gasteiger charge is 2.42. The molecule has 0 radical (unpaired) electrons. The lowest BCUT2D eigenvalue weighted by Crippen LogP contribution is -2.44. The van der Waals surface area contributed by atoms with Gasteiger partial charge in [0.15, 0.2) is 12.0 Å². The summed E-state index contributed by atoms with van der Waals surface area (Å²) in [5, 5.41) is 3.58. The molecule has 1 unspecified atom stereocenters. The molecule has 3 fully saturated rings. The smallest absolute Gasteiger partial charge is 0.329 e. The number of imidazole rings is 1. The minimum atomic E-state index is -1.47. The van der Waals surface area contributed by atoms with Gasteiger partial charge in [-0.2, -0.15) is 0 Å². The SMILES string of the molecule is CC[C@H]1[C@@H](COc2ncc(C#CC3CCN(CCCOCCCc4cccc5c4n(C)c(=O)n5C4CCC(=O)NC4=O)CC3)c3cc(C(N)=O)c(OC)cc23)CC(=O)[C@H]1F. The van der Waals surface area contributed by atoms with Crippen molar-refractivity contribution in [2.45, 2.75) is 76.9 Å². The van der Waals surface area contributed by atoms with Crippen molar-refractivity contribution < 1.29 is 37.8 Å². The molecule has 1 aliphatic carbocycles. The van der Waals surface area contributed by atoms with Crippen LogP contribution in [0, 0.1) is 29.6 Å². The molecule has 0 bridgehead atoms. The third kappa shape index (κ3) is 8.95. The molecule has 4 atom stereocenters. The monoisotopic (exact) mass is 824 g/mol. The lowest BCUT2D eigenvalue weighted by molar-refractivity contribution is -0.135. The molecule has 2 aromatic carbocycles. The maximum Gasteiger partial charge on any atom is 0.329 e. The second-order valence-electron chi connectivity index (χ2n) is 16.1. The molecule has 2 aromatic heterocycles. The first-order valence-corrected chi connectivity index (χ1v) is 20.9. The Bertz CT molecular complexity index is 2410. The van der Waals surface area contributed by atoms with Crippen molar-refractivity contribution >= 4 is 45.3 Å². The highest BCUT2D eigenvalue weighted by Crippen LogP contribution is 2.37. The summed E-state index contributed by atoms with van der Waals surface area (Å²) in [5.41, 5.74) is 8.76. The number of hydrogen-bond donors (Lipinski definition) is 2. The number of imide groups is 1. The van der Waals surface area contributed by atoms with Crippen LogP contribution in [0.2, 0.25) is 0 Å². The van der Waals surface area contributed by atoms with Crippen molar-refractivity contribution in [2.24, 2.45) is 30.5 Å². The van der Waals surface area contributed by atoms with Crippen LogP contribution in [0.5, 0.6) is 11.6 Å². The molecular formula is C45H53FN6O8. The molecule has 3 aliphatic rings. The molecule has 7 rings (SSSR count). The number of carbonyl (C=O) groups is 4. The van der Waals surface area contributed by atoms with Crippen molar-refractivity contribution in [3.63, 3.8) is 0 Å². The van der Waals surface area contributed by atoms with Gasteiger partial charge in [-0.15, -0.1) is 0 Å². The Kier molecular flexibility index (Phi) is 13.3. The van der Waals surface area contributed by atoms with Crippen molar-refractivity contribution in [1.29, 1.82) is 0 Å². The number of para-hydroxylation sites is 1. The molecule has 318 valence electrons. The number of methoxy groups -OCH3 is 1. The number of likely N-dealkylation sites (tertiary alicyclic amines) is 1. The molecule has 1 saturated carbocycles. The zero-order valence-electron chi connectivity index (χ0n) is 34.5. The molecule has 2 aliphatic heterocycles. The zero-order chi connectivity index (χ0) is 42.5. The average Bonchev–Trinajstić information content (AvgIpc) is 3.67. The number of primary amides is 1. The normalized spacial score (nSPS) is 21.3. The Balaban J connectivity index is 0.893. The summed E-state index contributed by atoms with van der Waals surface area (Å²) in [6.07, 6.45) is 5.52. The van der Waals surface area contributed by atoms with Gasteiger partial charge in [-0.3, -0.25) is 33.6 Å². The van der Waals surface area contributed by atoms with E-state index in [-0.39, 0.29) is 65.9 Å². The molecule has 3 N–H and O–H groups in total. The van der Waals surface area contributed by atoms with Gasteiger partial charge in [-0.05, 0) is 81.8 Å². The number of aromatic nitrogens is 3. The van der Waals surface area contributed by atoms with Crippen LogP contribution in [0.25, 0.3) is 21.8 Å². The topological polar surface area (TPSA) is 177 Å². The Morgan fingerprint density at radius 2 is 1.85 bits per heavy atom. The van der Waals surface area contributed by atoms with Crippen LogP contribution in [0.4, 0.5) is 4.39 Å². The minimum Gasteiger partial charge on any atom is -0.496 e. The van der Waals surface area contributed by atoms with Crippen LogP contribution in [-0.4, -0.2) is 95.3 Å². The number of benzene rings is 2. The molecule has 3 amide bonds. The number of Topliss-reactive ketones (excluding diaryl/α,β-unsaturated/α-hetero) is 1. The molecule has 14 nitrogen and oxygen atoms in total. The van der Waals surface area contributed by atoms with Crippen LogP contribution in [0.15, 0.2) is 41.3 Å². The first kappa shape index (κ1) is 42.5. The van der Waals surface area contributed by atoms with Gasteiger partial charge in [0.05, 0.1) is 35.9 Å². The van der Waals surface area contributed by atoms with E-state index in [1.54, 1.807) is 29.9 Å². The third-order valence-corrected chi connectivity index (χ3v) is 12.3. The van der Waals surface area contributed by atoms with Gasteiger partial charge in [0.1, 0.15) is 11.8 Å². The number of alkyl halides is 1. The van der Waals surface area contributed by atoms with Crippen LogP contribution in [0.3, 0.4) is 0 Å². The first-order chi connectivity index (χ1) is 29.0.